The SMILES string of the molecule is Cn1cc(-c2ccncc2C=CC(=O)Nc2ccc(CN3CCOCC3)c(OS(=O)(=O)C(F)(F)F)c2)cn1. The third-order valence-electron chi connectivity index (χ3n) is 5.60. The molecule has 0 radical (unpaired) electrons. The molecule has 0 unspecified atom stereocenters. The second-order valence-corrected chi connectivity index (χ2v) is 9.92. The number of alkyl halides is 3. The zero-order chi connectivity index (χ0) is 27.3. The number of carbonyl (C=O) groups excluding carboxylic acids is 1. The predicted molar refractivity (Wildman–Crippen MR) is 132 cm³/mol. The number of anilines is 1. The molecule has 1 aromatic carbocycles. The molecule has 1 amide bonds. The smallest absolute Gasteiger partial charge is 0.379 e. The summed E-state index contributed by atoms with van der Waals surface area (Å²) in [6, 6.07) is 5.69. The van der Waals surface area contributed by atoms with E-state index in [0.29, 0.717) is 31.9 Å². The maximum absolute atomic E-state index is 13.0. The molecule has 1 fully saturated rings. The van der Waals surface area contributed by atoms with Crippen molar-refractivity contribution < 1.29 is 35.3 Å². The monoisotopic (exact) mass is 551 g/mol. The van der Waals surface area contributed by atoms with Crippen LogP contribution in [0, 0.1) is 0 Å². The Morgan fingerprint density at radius 3 is 2.66 bits per heavy atom. The minimum absolute atomic E-state index is 0.0522. The number of ether oxygens (including phenoxy) is 1. The Kier molecular flexibility index (Phi) is 8.14. The van der Waals surface area contributed by atoms with Gasteiger partial charge >= 0.3 is 15.6 Å². The molecule has 0 spiro atoms. The number of hydrogen-bond donors (Lipinski definition) is 1. The first-order valence-corrected chi connectivity index (χ1v) is 12.8. The quantitative estimate of drug-likeness (QED) is 0.258. The maximum atomic E-state index is 13.0. The number of pyridine rings is 1. The molecule has 0 aliphatic carbocycles. The first-order chi connectivity index (χ1) is 18.0. The lowest BCUT2D eigenvalue weighted by molar-refractivity contribution is -0.111. The van der Waals surface area contributed by atoms with E-state index in [1.54, 1.807) is 36.4 Å². The Bertz CT molecular complexity index is 1430. The first kappa shape index (κ1) is 27.3. The van der Waals surface area contributed by atoms with Crippen LogP contribution in [0.15, 0.2) is 55.1 Å². The van der Waals surface area contributed by atoms with Crippen molar-refractivity contribution in [2.75, 3.05) is 31.6 Å². The Labute approximate surface area is 216 Å². The van der Waals surface area contributed by atoms with Crippen molar-refractivity contribution in [1.29, 1.82) is 0 Å². The lowest BCUT2D eigenvalue weighted by Gasteiger charge is -2.27. The summed E-state index contributed by atoms with van der Waals surface area (Å²) in [6.07, 6.45) is 9.41. The fourth-order valence-electron chi connectivity index (χ4n) is 3.72. The molecule has 14 heteroatoms. The fraction of sp³-hybridized carbons (Fsp3) is 0.292. The summed E-state index contributed by atoms with van der Waals surface area (Å²) in [7, 11) is -4.14. The molecule has 3 heterocycles. The molecule has 2 aromatic heterocycles. The van der Waals surface area contributed by atoms with Gasteiger partial charge in [0.15, 0.2) is 0 Å². The van der Waals surface area contributed by atoms with E-state index in [2.05, 4.69) is 19.6 Å². The molecule has 1 saturated heterocycles. The summed E-state index contributed by atoms with van der Waals surface area (Å²) in [5.74, 6) is -1.13. The van der Waals surface area contributed by atoms with Crippen LogP contribution in [0.5, 0.6) is 5.75 Å². The number of rotatable bonds is 8. The second kappa shape index (κ2) is 11.3. The van der Waals surface area contributed by atoms with Crippen LogP contribution in [-0.4, -0.2) is 65.8 Å². The molecule has 10 nitrogen and oxygen atoms in total. The number of morpholine rings is 1. The summed E-state index contributed by atoms with van der Waals surface area (Å²) >= 11 is 0. The summed E-state index contributed by atoms with van der Waals surface area (Å²) in [5, 5.41) is 6.66. The van der Waals surface area contributed by atoms with Gasteiger partial charge in [-0.2, -0.15) is 26.7 Å². The van der Waals surface area contributed by atoms with Crippen LogP contribution in [0.25, 0.3) is 17.2 Å². The van der Waals surface area contributed by atoms with Crippen LogP contribution in [0.3, 0.4) is 0 Å². The van der Waals surface area contributed by atoms with Crippen LogP contribution in [0.1, 0.15) is 11.1 Å². The van der Waals surface area contributed by atoms with Gasteiger partial charge in [0.25, 0.3) is 0 Å². The lowest BCUT2D eigenvalue weighted by atomic mass is 10.0. The number of benzene rings is 1. The molecule has 3 aromatic rings. The van der Waals surface area contributed by atoms with Crippen LogP contribution < -0.4 is 9.50 Å². The van der Waals surface area contributed by atoms with E-state index in [4.69, 9.17) is 4.74 Å². The minimum atomic E-state index is -5.92. The standard InChI is InChI=1S/C24H24F3N5O5S/c1-31-15-19(14-29-31)21-6-7-28-13-17(21)3-5-23(33)30-20-4-2-18(16-32-8-10-36-11-9-32)22(12-20)37-38(34,35)24(25,26)27/h2-7,12-15H,8-11,16H2,1H3,(H,30,33). The van der Waals surface area contributed by atoms with Crippen LogP contribution in [0.2, 0.25) is 0 Å². The topological polar surface area (TPSA) is 116 Å². The number of halogens is 3. The van der Waals surface area contributed by atoms with Gasteiger partial charge in [0.1, 0.15) is 5.75 Å². The van der Waals surface area contributed by atoms with Crippen LogP contribution in [0.4, 0.5) is 18.9 Å². The molecule has 202 valence electrons. The van der Waals surface area contributed by atoms with Crippen molar-refractivity contribution in [3.63, 3.8) is 0 Å². The number of aromatic nitrogens is 3. The molecule has 0 atom stereocenters. The van der Waals surface area contributed by atoms with Gasteiger partial charge in [-0.3, -0.25) is 19.4 Å². The molecular formula is C24H24F3N5O5S. The zero-order valence-corrected chi connectivity index (χ0v) is 21.0. The number of amides is 1. The van der Waals surface area contributed by atoms with Gasteiger partial charge in [0.2, 0.25) is 5.91 Å². The average molecular weight is 552 g/mol. The van der Waals surface area contributed by atoms with E-state index >= 15 is 0 Å². The molecule has 1 N–H and O–H groups in total. The largest absolute Gasteiger partial charge is 0.534 e. The van der Waals surface area contributed by atoms with Gasteiger partial charge in [-0.05, 0) is 23.8 Å². The van der Waals surface area contributed by atoms with Gasteiger partial charge in [-0.25, -0.2) is 0 Å². The van der Waals surface area contributed by atoms with Gasteiger partial charge in [-0.1, -0.05) is 6.07 Å². The van der Waals surface area contributed by atoms with Crippen LogP contribution >= 0.6 is 0 Å². The summed E-state index contributed by atoms with van der Waals surface area (Å²) < 4.78 is 73.8. The van der Waals surface area contributed by atoms with Gasteiger partial charge in [0, 0.05) is 79.8 Å². The molecule has 4 rings (SSSR count). The van der Waals surface area contributed by atoms with Gasteiger partial charge in [0.05, 0.1) is 19.4 Å². The number of nitrogens with zero attached hydrogens (tertiary/aromatic N) is 4. The maximum Gasteiger partial charge on any atom is 0.534 e. The summed E-state index contributed by atoms with van der Waals surface area (Å²) in [6.45, 7) is 2.06. The fourth-order valence-corrected chi connectivity index (χ4v) is 4.20. The van der Waals surface area contributed by atoms with Crippen molar-refractivity contribution >= 4 is 27.8 Å². The highest BCUT2D eigenvalue weighted by Crippen LogP contribution is 2.32. The molecule has 0 bridgehead atoms. The highest BCUT2D eigenvalue weighted by Gasteiger charge is 2.48. The molecule has 1 aliphatic heterocycles. The summed E-state index contributed by atoms with van der Waals surface area (Å²) in [4.78, 5) is 18.6. The van der Waals surface area contributed by atoms with Crippen molar-refractivity contribution in [1.82, 2.24) is 19.7 Å². The highest BCUT2D eigenvalue weighted by molar-refractivity contribution is 7.88. The zero-order valence-electron chi connectivity index (χ0n) is 20.2. The number of aryl methyl sites for hydroxylation is 1. The van der Waals surface area contributed by atoms with E-state index in [1.165, 1.54) is 24.3 Å². The van der Waals surface area contributed by atoms with E-state index in [1.807, 2.05) is 11.1 Å². The summed E-state index contributed by atoms with van der Waals surface area (Å²) in [5.41, 5.74) is -3.10. The molecule has 0 saturated carbocycles. The van der Waals surface area contributed by atoms with E-state index < -0.39 is 27.3 Å². The third kappa shape index (κ3) is 6.76. The second-order valence-electron chi connectivity index (χ2n) is 8.38. The normalized spacial score (nSPS) is 15.1. The molecule has 38 heavy (non-hydrogen) atoms. The van der Waals surface area contributed by atoms with Gasteiger partial charge < -0.3 is 14.2 Å². The van der Waals surface area contributed by atoms with Crippen molar-refractivity contribution in [2.24, 2.45) is 7.05 Å². The molecular weight excluding hydrogens is 527 g/mol. The number of carbonyl (C=O) groups is 1. The number of nitrogens with one attached hydrogen (secondary N) is 1. The van der Waals surface area contributed by atoms with Crippen molar-refractivity contribution in [2.45, 2.75) is 12.1 Å². The van der Waals surface area contributed by atoms with Crippen molar-refractivity contribution in [3.8, 4) is 16.9 Å². The Balaban J connectivity index is 1.54. The first-order valence-electron chi connectivity index (χ1n) is 11.4. The van der Waals surface area contributed by atoms with Crippen LogP contribution in [-0.2, 0) is 33.2 Å². The van der Waals surface area contributed by atoms with E-state index in [0.717, 1.165) is 17.2 Å². The van der Waals surface area contributed by atoms with Gasteiger partial charge in [-0.15, -0.1) is 0 Å². The lowest BCUT2D eigenvalue weighted by Crippen LogP contribution is -2.36. The number of hydrogen-bond acceptors (Lipinski definition) is 8. The Morgan fingerprint density at radius 2 is 1.97 bits per heavy atom. The van der Waals surface area contributed by atoms with E-state index in [-0.39, 0.29) is 17.8 Å². The average Bonchev–Trinajstić information content (AvgIpc) is 3.30. The van der Waals surface area contributed by atoms with E-state index in [9.17, 15) is 26.4 Å². The Morgan fingerprint density at radius 1 is 1.21 bits per heavy atom. The third-order valence-corrected chi connectivity index (χ3v) is 6.56. The minimum Gasteiger partial charge on any atom is -0.379 e. The highest BCUT2D eigenvalue weighted by atomic mass is 32.2. The van der Waals surface area contributed by atoms with Crippen molar-refractivity contribution in [3.05, 3.63) is 66.3 Å². The Hall–Kier alpha value is -3.75. The molecule has 1 aliphatic rings. The predicted octanol–water partition coefficient (Wildman–Crippen LogP) is 3.19.